The molecular weight excluding hydrogens is 412 g/mol. The van der Waals surface area contributed by atoms with E-state index in [0.29, 0.717) is 12.3 Å². The number of ether oxygens (including phenoxy) is 1. The van der Waals surface area contributed by atoms with Crippen LogP contribution < -0.4 is 10.6 Å². The van der Waals surface area contributed by atoms with Crippen LogP contribution in [0.3, 0.4) is 0 Å². The van der Waals surface area contributed by atoms with Gasteiger partial charge in [-0.3, -0.25) is 9.59 Å². The standard InChI is InChI=1S/C20H21BrN2O4/c1-3-4-11-27-20(26)15-7-5-6-8-17(15)23-19(25)18(24)22-14-9-10-16(21)13(2)12-14/h5-10,12H,3-4,11H2,1-2H3,(H,22,24)(H,23,25). The number of rotatable bonds is 6. The highest BCUT2D eigenvalue weighted by molar-refractivity contribution is 9.10. The quantitative estimate of drug-likeness (QED) is 0.405. The molecule has 0 atom stereocenters. The van der Waals surface area contributed by atoms with Crippen molar-refractivity contribution >= 4 is 45.1 Å². The van der Waals surface area contributed by atoms with Gasteiger partial charge in [0.05, 0.1) is 17.9 Å². The Bertz CT molecular complexity index is 852. The Morgan fingerprint density at radius 3 is 2.44 bits per heavy atom. The number of hydrogen-bond donors (Lipinski definition) is 2. The number of nitrogens with one attached hydrogen (secondary N) is 2. The summed E-state index contributed by atoms with van der Waals surface area (Å²) in [6, 6.07) is 11.6. The van der Waals surface area contributed by atoms with Gasteiger partial charge < -0.3 is 15.4 Å². The molecule has 0 unspecified atom stereocenters. The lowest BCUT2D eigenvalue weighted by atomic mass is 10.1. The fourth-order valence-corrected chi connectivity index (χ4v) is 2.49. The first-order chi connectivity index (χ1) is 12.9. The molecule has 0 aliphatic heterocycles. The Kier molecular flexibility index (Phi) is 7.55. The van der Waals surface area contributed by atoms with Gasteiger partial charge >= 0.3 is 17.8 Å². The number of para-hydroxylation sites is 1. The number of carbonyl (C=O) groups is 3. The average molecular weight is 433 g/mol. The molecule has 0 aliphatic rings. The van der Waals surface area contributed by atoms with Crippen molar-refractivity contribution in [1.29, 1.82) is 0 Å². The zero-order chi connectivity index (χ0) is 19.8. The Hall–Kier alpha value is -2.67. The average Bonchev–Trinajstić information content (AvgIpc) is 2.65. The molecule has 2 N–H and O–H groups in total. The fourth-order valence-electron chi connectivity index (χ4n) is 2.25. The van der Waals surface area contributed by atoms with E-state index in [-0.39, 0.29) is 11.3 Å². The number of esters is 1. The van der Waals surface area contributed by atoms with Crippen molar-refractivity contribution in [2.24, 2.45) is 0 Å². The maximum Gasteiger partial charge on any atom is 0.340 e. The van der Waals surface area contributed by atoms with E-state index in [1.165, 1.54) is 0 Å². The minimum Gasteiger partial charge on any atom is -0.462 e. The van der Waals surface area contributed by atoms with Gasteiger partial charge in [0.1, 0.15) is 0 Å². The molecule has 0 aliphatic carbocycles. The normalized spacial score (nSPS) is 10.2. The van der Waals surface area contributed by atoms with E-state index >= 15 is 0 Å². The molecule has 0 bridgehead atoms. The molecule has 0 saturated heterocycles. The Balaban J connectivity index is 2.05. The minimum atomic E-state index is -0.871. The Morgan fingerprint density at radius 1 is 1.04 bits per heavy atom. The number of anilines is 2. The summed E-state index contributed by atoms with van der Waals surface area (Å²) in [6.45, 7) is 4.18. The second-order valence-corrected chi connectivity index (χ2v) is 6.76. The van der Waals surface area contributed by atoms with Crippen molar-refractivity contribution < 1.29 is 19.1 Å². The summed E-state index contributed by atoms with van der Waals surface area (Å²) < 4.78 is 6.08. The van der Waals surface area contributed by atoms with Crippen LogP contribution in [-0.4, -0.2) is 24.4 Å². The molecule has 6 nitrogen and oxygen atoms in total. The van der Waals surface area contributed by atoms with E-state index in [9.17, 15) is 14.4 Å². The summed E-state index contributed by atoms with van der Waals surface area (Å²) in [4.78, 5) is 36.5. The summed E-state index contributed by atoms with van der Waals surface area (Å²) in [6.07, 6.45) is 1.66. The number of benzene rings is 2. The van der Waals surface area contributed by atoms with Crippen LogP contribution in [0.15, 0.2) is 46.9 Å². The van der Waals surface area contributed by atoms with Gasteiger partial charge in [0.25, 0.3) is 0 Å². The van der Waals surface area contributed by atoms with Crippen LogP contribution in [0.2, 0.25) is 0 Å². The van der Waals surface area contributed by atoms with Gasteiger partial charge in [0.15, 0.2) is 0 Å². The summed E-state index contributed by atoms with van der Waals surface area (Å²) in [5, 5.41) is 5.00. The van der Waals surface area contributed by atoms with E-state index < -0.39 is 17.8 Å². The van der Waals surface area contributed by atoms with Crippen LogP contribution in [0, 0.1) is 6.92 Å². The van der Waals surface area contributed by atoms with E-state index in [2.05, 4.69) is 26.6 Å². The molecule has 2 aromatic carbocycles. The summed E-state index contributed by atoms with van der Waals surface area (Å²) in [7, 11) is 0. The van der Waals surface area contributed by atoms with Gasteiger partial charge in [-0.25, -0.2) is 4.79 Å². The van der Waals surface area contributed by atoms with E-state index in [1.54, 1.807) is 42.5 Å². The Labute approximate surface area is 166 Å². The maximum atomic E-state index is 12.2. The minimum absolute atomic E-state index is 0.203. The molecule has 0 saturated carbocycles. The molecule has 0 radical (unpaired) electrons. The van der Waals surface area contributed by atoms with Gasteiger partial charge in [-0.2, -0.15) is 0 Å². The lowest BCUT2D eigenvalue weighted by Gasteiger charge is -2.11. The molecular formula is C20H21BrN2O4. The molecule has 2 aromatic rings. The maximum absolute atomic E-state index is 12.2. The van der Waals surface area contributed by atoms with Crippen LogP contribution in [0.5, 0.6) is 0 Å². The molecule has 2 rings (SSSR count). The predicted molar refractivity (Wildman–Crippen MR) is 108 cm³/mol. The van der Waals surface area contributed by atoms with Crippen molar-refractivity contribution in [2.75, 3.05) is 17.2 Å². The van der Waals surface area contributed by atoms with E-state index in [4.69, 9.17) is 4.74 Å². The SMILES string of the molecule is CCCCOC(=O)c1ccccc1NC(=O)C(=O)Nc1ccc(Br)c(C)c1. The first kappa shape index (κ1) is 20.6. The smallest absolute Gasteiger partial charge is 0.340 e. The summed E-state index contributed by atoms with van der Waals surface area (Å²) in [5.41, 5.74) is 1.86. The molecule has 2 amide bonds. The zero-order valence-corrected chi connectivity index (χ0v) is 16.8. The van der Waals surface area contributed by atoms with Crippen molar-refractivity contribution in [3.8, 4) is 0 Å². The van der Waals surface area contributed by atoms with Crippen LogP contribution in [0.1, 0.15) is 35.7 Å². The van der Waals surface area contributed by atoms with E-state index in [1.807, 2.05) is 13.8 Å². The largest absolute Gasteiger partial charge is 0.462 e. The highest BCUT2D eigenvalue weighted by Crippen LogP contribution is 2.20. The second-order valence-electron chi connectivity index (χ2n) is 5.91. The molecule has 142 valence electrons. The van der Waals surface area contributed by atoms with Crippen LogP contribution in [0.4, 0.5) is 11.4 Å². The summed E-state index contributed by atoms with van der Waals surface area (Å²) in [5.74, 6) is -2.24. The van der Waals surface area contributed by atoms with Crippen molar-refractivity contribution in [3.05, 3.63) is 58.1 Å². The van der Waals surface area contributed by atoms with Gasteiger partial charge in [-0.1, -0.05) is 41.4 Å². The molecule has 0 aromatic heterocycles. The third-order valence-electron chi connectivity index (χ3n) is 3.75. The van der Waals surface area contributed by atoms with Crippen molar-refractivity contribution in [3.63, 3.8) is 0 Å². The van der Waals surface area contributed by atoms with E-state index in [0.717, 1.165) is 22.9 Å². The summed E-state index contributed by atoms with van der Waals surface area (Å²) >= 11 is 3.38. The number of unbranched alkanes of at least 4 members (excludes halogenated alkanes) is 1. The fraction of sp³-hybridized carbons (Fsp3) is 0.250. The number of hydrogen-bond acceptors (Lipinski definition) is 4. The zero-order valence-electron chi connectivity index (χ0n) is 15.2. The highest BCUT2D eigenvalue weighted by atomic mass is 79.9. The molecule has 0 heterocycles. The number of halogens is 1. The number of aryl methyl sites for hydroxylation is 1. The van der Waals surface area contributed by atoms with Gasteiger partial charge in [0.2, 0.25) is 0 Å². The lowest BCUT2D eigenvalue weighted by molar-refractivity contribution is -0.133. The molecule has 0 fully saturated rings. The predicted octanol–water partition coefficient (Wildman–Crippen LogP) is 4.29. The first-order valence-electron chi connectivity index (χ1n) is 8.57. The van der Waals surface area contributed by atoms with Crippen LogP contribution in [0.25, 0.3) is 0 Å². The van der Waals surface area contributed by atoms with Gasteiger partial charge in [-0.05, 0) is 49.2 Å². The van der Waals surface area contributed by atoms with Gasteiger partial charge in [0, 0.05) is 10.2 Å². The van der Waals surface area contributed by atoms with Gasteiger partial charge in [-0.15, -0.1) is 0 Å². The third kappa shape index (κ3) is 5.92. The highest BCUT2D eigenvalue weighted by Gasteiger charge is 2.19. The monoisotopic (exact) mass is 432 g/mol. The molecule has 0 spiro atoms. The Morgan fingerprint density at radius 2 is 1.74 bits per heavy atom. The first-order valence-corrected chi connectivity index (χ1v) is 9.36. The van der Waals surface area contributed by atoms with Crippen molar-refractivity contribution in [1.82, 2.24) is 0 Å². The topological polar surface area (TPSA) is 84.5 Å². The van der Waals surface area contributed by atoms with Crippen LogP contribution in [-0.2, 0) is 14.3 Å². The third-order valence-corrected chi connectivity index (χ3v) is 4.64. The number of carbonyl (C=O) groups excluding carboxylic acids is 3. The van der Waals surface area contributed by atoms with Crippen LogP contribution >= 0.6 is 15.9 Å². The molecule has 7 heteroatoms. The van der Waals surface area contributed by atoms with Crippen molar-refractivity contribution in [2.45, 2.75) is 26.7 Å². The second kappa shape index (κ2) is 9.87. The number of amides is 2. The molecule has 27 heavy (non-hydrogen) atoms. The lowest BCUT2D eigenvalue weighted by Crippen LogP contribution is -2.29.